The smallest absolute Gasteiger partial charge is 0.230 e. The molecule has 0 unspecified atom stereocenters. The largest absolute Gasteiger partial charge is 0.392 e. The van der Waals surface area contributed by atoms with Crippen molar-refractivity contribution < 1.29 is 25.2 Å². The maximum atomic E-state index is 13.9. The number of rotatable bonds is 2. The molecule has 3 aliphatic rings. The lowest BCUT2D eigenvalue weighted by atomic mass is 9.48. The van der Waals surface area contributed by atoms with Crippen LogP contribution in [0.3, 0.4) is 0 Å². The van der Waals surface area contributed by atoms with Crippen molar-refractivity contribution in [2.24, 2.45) is 29.1 Å². The zero-order valence-electron chi connectivity index (χ0n) is 20.6. The van der Waals surface area contributed by atoms with Gasteiger partial charge in [0.2, 0.25) is 5.91 Å². The van der Waals surface area contributed by atoms with Gasteiger partial charge in [-0.3, -0.25) is 4.79 Å². The average molecular weight is 470 g/mol. The maximum Gasteiger partial charge on any atom is 0.230 e. The summed E-state index contributed by atoms with van der Waals surface area (Å²) in [6.07, 6.45) is 6.22. The van der Waals surface area contributed by atoms with Gasteiger partial charge < -0.3 is 25.7 Å². The van der Waals surface area contributed by atoms with E-state index in [-0.39, 0.29) is 11.8 Å². The Balaban J connectivity index is 1.89. The van der Waals surface area contributed by atoms with Crippen LogP contribution in [0.4, 0.5) is 0 Å². The van der Waals surface area contributed by atoms with Crippen LogP contribution >= 0.6 is 0 Å². The van der Waals surface area contributed by atoms with E-state index in [4.69, 9.17) is 0 Å². The van der Waals surface area contributed by atoms with Crippen LogP contribution in [0.25, 0.3) is 0 Å². The highest BCUT2D eigenvalue weighted by molar-refractivity contribution is 5.88. The van der Waals surface area contributed by atoms with E-state index in [9.17, 15) is 25.2 Å². The lowest BCUT2D eigenvalue weighted by Crippen LogP contribution is -2.68. The van der Waals surface area contributed by atoms with E-state index in [0.29, 0.717) is 19.3 Å². The maximum absolute atomic E-state index is 13.9. The number of carbonyl (C=O) groups is 1. The van der Waals surface area contributed by atoms with Crippen LogP contribution in [-0.4, -0.2) is 55.8 Å². The fraction of sp³-hybridized carbons (Fsp3) is 0.607. The van der Waals surface area contributed by atoms with Crippen LogP contribution in [0.1, 0.15) is 46.1 Å². The van der Waals surface area contributed by atoms with E-state index < -0.39 is 52.6 Å². The van der Waals surface area contributed by atoms with E-state index in [2.05, 4.69) is 5.32 Å². The SMILES string of the molecule is C[C@H]1C/C=C\[C@H]2[C@H](O)[C@H](C)[C@@](C)(O)[C@H]3[C@H](Cc4ccccc4)NC(=O)[C@]32[C@H](O)/C=C\[C@](C)(O)C1. The Kier molecular flexibility index (Phi) is 6.58. The number of aliphatic hydroxyl groups excluding tert-OH is 2. The number of nitrogens with one attached hydrogen (secondary N) is 1. The molecule has 10 atom stereocenters. The number of hydrogen-bond acceptors (Lipinski definition) is 5. The van der Waals surface area contributed by atoms with Gasteiger partial charge in [0, 0.05) is 23.8 Å². The van der Waals surface area contributed by atoms with Gasteiger partial charge in [-0.05, 0) is 44.6 Å². The second-order valence-electron chi connectivity index (χ2n) is 11.3. The van der Waals surface area contributed by atoms with Gasteiger partial charge in [-0.1, -0.05) is 68.5 Å². The van der Waals surface area contributed by atoms with Crippen LogP contribution in [0.5, 0.6) is 0 Å². The Morgan fingerprint density at radius 1 is 1.06 bits per heavy atom. The van der Waals surface area contributed by atoms with Crippen molar-refractivity contribution in [1.82, 2.24) is 5.32 Å². The first-order chi connectivity index (χ1) is 15.9. The number of amides is 1. The van der Waals surface area contributed by atoms with E-state index in [1.54, 1.807) is 19.9 Å². The number of benzene rings is 1. The molecule has 1 amide bonds. The third kappa shape index (κ3) is 4.05. The number of aliphatic hydroxyl groups is 4. The average Bonchev–Trinajstić information content (AvgIpc) is 3.05. The summed E-state index contributed by atoms with van der Waals surface area (Å²) in [5, 5.41) is 48.9. The van der Waals surface area contributed by atoms with E-state index in [1.165, 1.54) is 6.08 Å². The molecule has 186 valence electrons. The molecule has 2 aliphatic carbocycles. The summed E-state index contributed by atoms with van der Waals surface area (Å²) in [4.78, 5) is 13.9. The molecule has 6 heteroatoms. The van der Waals surface area contributed by atoms with Crippen LogP contribution in [0.2, 0.25) is 0 Å². The molecule has 5 N–H and O–H groups in total. The van der Waals surface area contributed by atoms with Gasteiger partial charge in [0.05, 0.1) is 28.8 Å². The fourth-order valence-electron chi connectivity index (χ4n) is 6.92. The molecular formula is C28H39NO5. The summed E-state index contributed by atoms with van der Waals surface area (Å²) in [6, 6.07) is 9.34. The Morgan fingerprint density at radius 2 is 1.74 bits per heavy atom. The summed E-state index contributed by atoms with van der Waals surface area (Å²) in [5.41, 5.74) is -3.04. The zero-order chi connectivity index (χ0) is 24.9. The third-order valence-corrected chi connectivity index (χ3v) is 8.68. The highest BCUT2D eigenvalue weighted by Gasteiger charge is 2.72. The molecule has 0 bridgehead atoms. The second-order valence-corrected chi connectivity index (χ2v) is 11.3. The molecule has 1 spiro atoms. The standard InChI is InChI=1S/C28H39NO5/c1-17-9-8-12-20-23(31)18(2)27(4,34)24-21(15-19-10-6-5-7-11-19)29-25(32)28(20,24)22(30)13-14-26(3,33)16-17/h5-8,10-14,17-18,20-24,30-31,33-34H,9,15-16H2,1-4H3,(H,29,32)/b12-8-,14-13-/t17-,18-,20-,21-,22+,23+,24+,26-,27+,28+/m0/s1. The molecule has 0 aromatic heterocycles. The van der Waals surface area contributed by atoms with Gasteiger partial charge in [0.1, 0.15) is 0 Å². The van der Waals surface area contributed by atoms with Gasteiger partial charge >= 0.3 is 0 Å². The number of hydrogen-bond donors (Lipinski definition) is 5. The lowest BCUT2D eigenvalue weighted by molar-refractivity contribution is -0.211. The molecule has 0 radical (unpaired) electrons. The summed E-state index contributed by atoms with van der Waals surface area (Å²) in [6.45, 7) is 7.22. The van der Waals surface area contributed by atoms with Crippen molar-refractivity contribution in [2.45, 2.75) is 76.4 Å². The molecular weight excluding hydrogens is 430 g/mol. The molecule has 4 rings (SSSR count). The van der Waals surface area contributed by atoms with E-state index >= 15 is 0 Å². The van der Waals surface area contributed by atoms with Crippen LogP contribution in [-0.2, 0) is 11.2 Å². The Morgan fingerprint density at radius 3 is 2.41 bits per heavy atom. The normalized spacial score (nSPS) is 48.7. The minimum Gasteiger partial charge on any atom is -0.392 e. The molecule has 1 heterocycles. The monoisotopic (exact) mass is 469 g/mol. The summed E-state index contributed by atoms with van der Waals surface area (Å²) in [5.74, 6) is -2.08. The topological polar surface area (TPSA) is 110 Å². The van der Waals surface area contributed by atoms with Crippen molar-refractivity contribution in [3.63, 3.8) is 0 Å². The quantitative estimate of drug-likeness (QED) is 0.427. The molecule has 1 aromatic carbocycles. The predicted molar refractivity (Wildman–Crippen MR) is 131 cm³/mol. The van der Waals surface area contributed by atoms with Crippen molar-refractivity contribution in [3.05, 3.63) is 60.2 Å². The minimum atomic E-state index is -1.48. The first-order valence-corrected chi connectivity index (χ1v) is 12.4. The first kappa shape index (κ1) is 25.1. The molecule has 1 aromatic rings. The Labute approximate surface area is 202 Å². The van der Waals surface area contributed by atoms with Gasteiger partial charge in [-0.15, -0.1) is 0 Å². The van der Waals surface area contributed by atoms with Gasteiger partial charge in [-0.25, -0.2) is 0 Å². The Bertz CT molecular complexity index is 955. The van der Waals surface area contributed by atoms with Gasteiger partial charge in [0.15, 0.2) is 0 Å². The van der Waals surface area contributed by atoms with Gasteiger partial charge in [-0.2, -0.15) is 0 Å². The van der Waals surface area contributed by atoms with Crippen molar-refractivity contribution >= 4 is 5.91 Å². The second kappa shape index (κ2) is 8.90. The van der Waals surface area contributed by atoms with Crippen molar-refractivity contribution in [3.8, 4) is 0 Å². The predicted octanol–water partition coefficient (Wildman–Crippen LogP) is 2.36. The van der Waals surface area contributed by atoms with Crippen molar-refractivity contribution in [2.75, 3.05) is 0 Å². The molecule has 1 saturated heterocycles. The summed E-state index contributed by atoms with van der Waals surface area (Å²) >= 11 is 0. The van der Waals surface area contributed by atoms with Crippen LogP contribution < -0.4 is 5.32 Å². The fourth-order valence-corrected chi connectivity index (χ4v) is 6.92. The molecule has 1 saturated carbocycles. The van der Waals surface area contributed by atoms with Gasteiger partial charge in [0.25, 0.3) is 0 Å². The van der Waals surface area contributed by atoms with E-state index in [1.807, 2.05) is 56.3 Å². The van der Waals surface area contributed by atoms with Crippen molar-refractivity contribution in [1.29, 1.82) is 0 Å². The number of carbonyl (C=O) groups excluding carboxylic acids is 1. The summed E-state index contributed by atoms with van der Waals surface area (Å²) < 4.78 is 0. The molecule has 2 fully saturated rings. The molecule has 6 nitrogen and oxygen atoms in total. The zero-order valence-corrected chi connectivity index (χ0v) is 20.6. The lowest BCUT2D eigenvalue weighted by Gasteiger charge is -2.57. The highest BCUT2D eigenvalue weighted by Crippen LogP contribution is 2.59. The highest BCUT2D eigenvalue weighted by atomic mass is 16.3. The van der Waals surface area contributed by atoms with Crippen LogP contribution in [0.15, 0.2) is 54.6 Å². The third-order valence-electron chi connectivity index (χ3n) is 8.68. The first-order valence-electron chi connectivity index (χ1n) is 12.4. The molecule has 1 aliphatic heterocycles. The van der Waals surface area contributed by atoms with Crippen LogP contribution in [0, 0.1) is 29.1 Å². The summed E-state index contributed by atoms with van der Waals surface area (Å²) in [7, 11) is 0. The Hall–Kier alpha value is -1.99. The number of allylic oxidation sites excluding steroid dienone is 1. The van der Waals surface area contributed by atoms with E-state index in [0.717, 1.165) is 5.56 Å². The minimum absolute atomic E-state index is 0.169. The molecule has 34 heavy (non-hydrogen) atoms.